The van der Waals surface area contributed by atoms with E-state index in [9.17, 15) is 9.59 Å². The molecule has 0 radical (unpaired) electrons. The number of allylic oxidation sites excluding steroid dienone is 2. The molecular formula is C10H12O3. The van der Waals surface area contributed by atoms with Crippen molar-refractivity contribution < 1.29 is 14.3 Å². The zero-order valence-corrected chi connectivity index (χ0v) is 7.74. The number of hydrogen-bond acceptors (Lipinski definition) is 3. The van der Waals surface area contributed by atoms with Gasteiger partial charge in [-0.25, -0.2) is 0 Å². The SMILES string of the molecule is CC1=C[C@@H](C)[C@H]2C(=O)OC(=O)[C@@H]2C1. The smallest absolute Gasteiger partial charge is 0.318 e. The van der Waals surface area contributed by atoms with Crippen LogP contribution in [0.15, 0.2) is 11.6 Å². The molecule has 2 aliphatic rings. The maximum atomic E-state index is 11.3. The van der Waals surface area contributed by atoms with Crippen LogP contribution >= 0.6 is 0 Å². The van der Waals surface area contributed by atoms with E-state index in [0.717, 1.165) is 0 Å². The third-order valence-electron chi connectivity index (χ3n) is 2.87. The van der Waals surface area contributed by atoms with Crippen LogP contribution in [0.2, 0.25) is 0 Å². The Morgan fingerprint density at radius 1 is 1.38 bits per heavy atom. The minimum atomic E-state index is -0.341. The molecule has 0 bridgehead atoms. The zero-order chi connectivity index (χ0) is 9.59. The van der Waals surface area contributed by atoms with Crippen molar-refractivity contribution in [1.82, 2.24) is 0 Å². The topological polar surface area (TPSA) is 43.4 Å². The van der Waals surface area contributed by atoms with E-state index in [1.807, 2.05) is 13.8 Å². The van der Waals surface area contributed by atoms with Gasteiger partial charge in [-0.15, -0.1) is 0 Å². The molecule has 0 saturated carbocycles. The molecule has 0 aromatic heterocycles. The molecule has 70 valence electrons. The molecule has 0 aromatic carbocycles. The Bertz CT molecular complexity index is 303. The van der Waals surface area contributed by atoms with E-state index in [-0.39, 0.29) is 29.7 Å². The molecule has 0 amide bonds. The third kappa shape index (κ3) is 1.19. The molecule has 0 aromatic rings. The first-order valence-electron chi connectivity index (χ1n) is 4.52. The largest absolute Gasteiger partial charge is 0.393 e. The maximum Gasteiger partial charge on any atom is 0.318 e. The molecule has 0 unspecified atom stereocenters. The van der Waals surface area contributed by atoms with E-state index in [0.29, 0.717) is 6.42 Å². The lowest BCUT2D eigenvalue weighted by molar-refractivity contribution is -0.153. The molecule has 0 spiro atoms. The van der Waals surface area contributed by atoms with Crippen molar-refractivity contribution in [2.24, 2.45) is 17.8 Å². The quantitative estimate of drug-likeness (QED) is 0.320. The van der Waals surface area contributed by atoms with Gasteiger partial charge in [-0.2, -0.15) is 0 Å². The molecule has 3 nitrogen and oxygen atoms in total. The van der Waals surface area contributed by atoms with Crippen molar-refractivity contribution in [2.75, 3.05) is 0 Å². The highest BCUT2D eigenvalue weighted by Gasteiger charge is 2.48. The molecule has 1 aliphatic carbocycles. The Morgan fingerprint density at radius 3 is 2.77 bits per heavy atom. The second-order valence-corrected chi connectivity index (χ2v) is 3.95. The maximum absolute atomic E-state index is 11.3. The summed E-state index contributed by atoms with van der Waals surface area (Å²) in [5.41, 5.74) is 1.18. The molecule has 0 N–H and O–H groups in total. The highest BCUT2D eigenvalue weighted by atomic mass is 16.6. The summed E-state index contributed by atoms with van der Waals surface area (Å²) in [4.78, 5) is 22.5. The lowest BCUT2D eigenvalue weighted by Gasteiger charge is -2.23. The van der Waals surface area contributed by atoms with Crippen molar-refractivity contribution in [2.45, 2.75) is 20.3 Å². The number of carbonyl (C=O) groups excluding carboxylic acids is 2. The summed E-state index contributed by atoms with van der Waals surface area (Å²) < 4.78 is 4.62. The first kappa shape index (κ1) is 8.48. The van der Waals surface area contributed by atoms with Gasteiger partial charge >= 0.3 is 11.9 Å². The van der Waals surface area contributed by atoms with E-state index in [1.54, 1.807) is 0 Å². The lowest BCUT2D eigenvalue weighted by atomic mass is 9.76. The Labute approximate surface area is 76.8 Å². The lowest BCUT2D eigenvalue weighted by Crippen LogP contribution is -2.27. The summed E-state index contributed by atoms with van der Waals surface area (Å²) in [5.74, 6) is -0.984. The zero-order valence-electron chi connectivity index (χ0n) is 7.74. The molecule has 1 saturated heterocycles. The molecule has 13 heavy (non-hydrogen) atoms. The van der Waals surface area contributed by atoms with Gasteiger partial charge in [0.15, 0.2) is 0 Å². The summed E-state index contributed by atoms with van der Waals surface area (Å²) in [6.45, 7) is 3.95. The fourth-order valence-electron chi connectivity index (χ4n) is 2.31. The van der Waals surface area contributed by atoms with Crippen LogP contribution in [0, 0.1) is 17.8 Å². The van der Waals surface area contributed by atoms with Crippen molar-refractivity contribution in [1.29, 1.82) is 0 Å². The fraction of sp³-hybridized carbons (Fsp3) is 0.600. The summed E-state index contributed by atoms with van der Waals surface area (Å²) in [5, 5.41) is 0. The minimum absolute atomic E-state index is 0.137. The molecule has 2 rings (SSSR count). The predicted molar refractivity (Wildman–Crippen MR) is 45.6 cm³/mol. The van der Waals surface area contributed by atoms with Crippen LogP contribution < -0.4 is 0 Å². The Morgan fingerprint density at radius 2 is 2.08 bits per heavy atom. The van der Waals surface area contributed by atoms with Crippen LogP contribution in [0.1, 0.15) is 20.3 Å². The first-order valence-corrected chi connectivity index (χ1v) is 4.52. The normalized spacial score (nSPS) is 38.3. The summed E-state index contributed by atoms with van der Waals surface area (Å²) in [6.07, 6.45) is 2.74. The first-order chi connectivity index (χ1) is 6.09. The third-order valence-corrected chi connectivity index (χ3v) is 2.87. The second-order valence-electron chi connectivity index (χ2n) is 3.95. The monoisotopic (exact) mass is 180 g/mol. The standard InChI is InChI=1S/C10H12O3/c1-5-3-6(2)8-7(4-5)9(11)13-10(8)12/h3,6-8H,4H2,1-2H3/t6-,7-,8-/m1/s1. The fourth-order valence-corrected chi connectivity index (χ4v) is 2.31. The van der Waals surface area contributed by atoms with Crippen LogP contribution in [0.25, 0.3) is 0 Å². The van der Waals surface area contributed by atoms with Crippen LogP contribution in [-0.2, 0) is 14.3 Å². The number of ether oxygens (including phenoxy) is 1. The molecule has 3 heteroatoms. The van der Waals surface area contributed by atoms with Gasteiger partial charge in [-0.3, -0.25) is 9.59 Å². The summed E-state index contributed by atoms with van der Waals surface area (Å²) in [6, 6.07) is 0. The van der Waals surface area contributed by atoms with Gasteiger partial charge < -0.3 is 4.74 Å². The van der Waals surface area contributed by atoms with E-state index in [4.69, 9.17) is 0 Å². The van der Waals surface area contributed by atoms with Crippen LogP contribution in [-0.4, -0.2) is 11.9 Å². The Kier molecular flexibility index (Phi) is 1.75. The van der Waals surface area contributed by atoms with Crippen molar-refractivity contribution in [3.63, 3.8) is 0 Å². The molecular weight excluding hydrogens is 168 g/mol. The number of carbonyl (C=O) groups is 2. The Hall–Kier alpha value is -1.12. The van der Waals surface area contributed by atoms with E-state index < -0.39 is 0 Å². The van der Waals surface area contributed by atoms with Crippen LogP contribution in [0.4, 0.5) is 0 Å². The van der Waals surface area contributed by atoms with Gasteiger partial charge in [0.05, 0.1) is 11.8 Å². The molecule has 1 heterocycles. The van der Waals surface area contributed by atoms with Crippen LogP contribution in [0.5, 0.6) is 0 Å². The number of hydrogen-bond donors (Lipinski definition) is 0. The highest BCUT2D eigenvalue weighted by molar-refractivity contribution is 5.97. The van der Waals surface area contributed by atoms with E-state index in [2.05, 4.69) is 10.8 Å². The Balaban J connectivity index is 2.34. The van der Waals surface area contributed by atoms with Gasteiger partial charge in [0.1, 0.15) is 0 Å². The average Bonchev–Trinajstić information content (AvgIpc) is 2.27. The van der Waals surface area contributed by atoms with Gasteiger partial charge in [0.2, 0.25) is 0 Å². The summed E-state index contributed by atoms with van der Waals surface area (Å²) >= 11 is 0. The number of rotatable bonds is 0. The van der Waals surface area contributed by atoms with Gasteiger partial charge in [0.25, 0.3) is 0 Å². The predicted octanol–water partition coefficient (Wildman–Crippen LogP) is 1.29. The van der Waals surface area contributed by atoms with Crippen molar-refractivity contribution >= 4 is 11.9 Å². The number of fused-ring (bicyclic) bond motifs is 1. The van der Waals surface area contributed by atoms with Crippen molar-refractivity contribution in [3.8, 4) is 0 Å². The van der Waals surface area contributed by atoms with Crippen molar-refractivity contribution in [3.05, 3.63) is 11.6 Å². The second kappa shape index (κ2) is 2.69. The highest BCUT2D eigenvalue weighted by Crippen LogP contribution is 2.39. The van der Waals surface area contributed by atoms with Gasteiger partial charge in [0, 0.05) is 0 Å². The van der Waals surface area contributed by atoms with E-state index in [1.165, 1.54) is 5.57 Å². The average molecular weight is 180 g/mol. The van der Waals surface area contributed by atoms with E-state index >= 15 is 0 Å². The molecule has 1 aliphatic heterocycles. The van der Waals surface area contributed by atoms with Gasteiger partial charge in [-0.05, 0) is 19.3 Å². The number of esters is 2. The minimum Gasteiger partial charge on any atom is -0.393 e. The van der Waals surface area contributed by atoms with Crippen LogP contribution in [0.3, 0.4) is 0 Å². The molecule has 3 atom stereocenters. The summed E-state index contributed by atoms with van der Waals surface area (Å²) in [7, 11) is 0. The van der Waals surface area contributed by atoms with Gasteiger partial charge in [-0.1, -0.05) is 18.6 Å². The number of cyclic esters (lactones) is 2. The molecule has 1 fully saturated rings.